The van der Waals surface area contributed by atoms with Gasteiger partial charge in [-0.05, 0) is 71.9 Å². The Hall–Kier alpha value is -3.80. The normalized spacial score (nSPS) is 23.8. The molecule has 0 radical (unpaired) electrons. The van der Waals surface area contributed by atoms with Crippen LogP contribution in [0.25, 0.3) is 0 Å². The van der Waals surface area contributed by atoms with E-state index >= 15 is 8.78 Å². The van der Waals surface area contributed by atoms with Crippen molar-refractivity contribution in [3.63, 3.8) is 0 Å². The second-order valence-electron chi connectivity index (χ2n) is 10.4. The van der Waals surface area contributed by atoms with E-state index in [-0.39, 0.29) is 25.9 Å². The number of aliphatic hydroxyl groups is 1. The topological polar surface area (TPSA) is 99.1 Å². The second-order valence-corrected chi connectivity index (χ2v) is 10.4. The largest absolute Gasteiger partial charge is 0.487 e. The summed E-state index contributed by atoms with van der Waals surface area (Å²) in [5, 5.41) is 25.8. The summed E-state index contributed by atoms with van der Waals surface area (Å²) in [5.74, 6) is -4.69. The number of aryl methyl sites for hydroxylation is 1. The minimum atomic E-state index is -3.77. The van der Waals surface area contributed by atoms with Gasteiger partial charge in [-0.2, -0.15) is 0 Å². The van der Waals surface area contributed by atoms with Gasteiger partial charge in [-0.25, -0.2) is 22.2 Å². The average Bonchev–Trinajstić information content (AvgIpc) is 3.48. The molecule has 1 N–H and O–H groups in total. The Kier molecular flexibility index (Phi) is 5.39. The molecule has 4 aromatic rings. The molecule has 2 bridgehead atoms. The van der Waals surface area contributed by atoms with Crippen molar-refractivity contribution in [3.8, 4) is 5.75 Å². The molecular formula is C26H23F4N5O3. The van der Waals surface area contributed by atoms with Gasteiger partial charge >= 0.3 is 0 Å². The summed E-state index contributed by atoms with van der Waals surface area (Å²) < 4.78 is 72.6. The zero-order valence-corrected chi connectivity index (χ0v) is 20.2. The van der Waals surface area contributed by atoms with Crippen molar-refractivity contribution in [1.82, 2.24) is 25.4 Å². The first kappa shape index (κ1) is 24.5. The zero-order chi connectivity index (χ0) is 26.8. The van der Waals surface area contributed by atoms with E-state index < -0.39 is 46.1 Å². The predicted molar refractivity (Wildman–Crippen MR) is 123 cm³/mol. The number of ether oxygens (including phenoxy) is 1. The van der Waals surface area contributed by atoms with Crippen LogP contribution in [-0.2, 0) is 24.2 Å². The quantitative estimate of drug-likeness (QED) is 0.320. The molecule has 2 aromatic carbocycles. The van der Waals surface area contributed by atoms with E-state index in [0.29, 0.717) is 23.3 Å². The number of benzene rings is 2. The van der Waals surface area contributed by atoms with Crippen LogP contribution in [0.2, 0.25) is 0 Å². The molecule has 38 heavy (non-hydrogen) atoms. The van der Waals surface area contributed by atoms with Gasteiger partial charge in [-0.3, -0.25) is 0 Å². The summed E-state index contributed by atoms with van der Waals surface area (Å²) in [6, 6.07) is 11.2. The lowest BCUT2D eigenvalue weighted by Crippen LogP contribution is -2.76. The van der Waals surface area contributed by atoms with E-state index in [1.165, 1.54) is 0 Å². The summed E-state index contributed by atoms with van der Waals surface area (Å²) in [7, 11) is 0. The van der Waals surface area contributed by atoms with E-state index in [4.69, 9.17) is 9.26 Å². The number of hydrogen-bond acceptors (Lipinski definition) is 7. The first-order valence-corrected chi connectivity index (χ1v) is 12.0. The van der Waals surface area contributed by atoms with E-state index in [2.05, 4.69) is 20.7 Å². The number of rotatable bonds is 9. The molecule has 3 aliphatic carbocycles. The number of tetrazole rings is 1. The molecule has 3 fully saturated rings. The molecule has 1 unspecified atom stereocenters. The maximum Gasteiger partial charge on any atom is 0.287 e. The van der Waals surface area contributed by atoms with E-state index in [0.717, 1.165) is 28.7 Å². The highest BCUT2D eigenvalue weighted by Crippen LogP contribution is 2.80. The Bertz CT molecular complexity index is 1450. The molecule has 198 valence electrons. The van der Waals surface area contributed by atoms with Gasteiger partial charge in [0, 0.05) is 23.1 Å². The molecule has 8 nitrogen and oxygen atoms in total. The van der Waals surface area contributed by atoms with E-state index in [1.54, 1.807) is 25.1 Å². The maximum absolute atomic E-state index is 16.3. The van der Waals surface area contributed by atoms with Crippen LogP contribution in [0.1, 0.15) is 41.8 Å². The van der Waals surface area contributed by atoms with Crippen LogP contribution in [0.4, 0.5) is 17.6 Å². The summed E-state index contributed by atoms with van der Waals surface area (Å²) in [6.07, 6.45) is 1.36. The third-order valence-corrected chi connectivity index (χ3v) is 7.90. The molecule has 3 aliphatic rings. The lowest BCUT2D eigenvalue weighted by molar-refractivity contribution is -0.347. The van der Waals surface area contributed by atoms with Crippen molar-refractivity contribution in [1.29, 1.82) is 0 Å². The lowest BCUT2D eigenvalue weighted by atomic mass is 9.30. The molecule has 0 spiro atoms. The number of hydrogen-bond donors (Lipinski definition) is 1. The van der Waals surface area contributed by atoms with Gasteiger partial charge < -0.3 is 14.4 Å². The number of aromatic nitrogens is 5. The molecule has 1 atom stereocenters. The van der Waals surface area contributed by atoms with Gasteiger partial charge in [0.05, 0.1) is 6.54 Å². The predicted octanol–water partition coefficient (Wildman–Crippen LogP) is 4.47. The fourth-order valence-electron chi connectivity index (χ4n) is 6.08. The molecular weight excluding hydrogens is 506 g/mol. The maximum atomic E-state index is 16.3. The Morgan fingerprint density at radius 2 is 1.82 bits per heavy atom. The first-order valence-electron chi connectivity index (χ1n) is 12.0. The fraction of sp³-hybridized carbons (Fsp3) is 0.385. The number of halogens is 4. The van der Waals surface area contributed by atoms with Crippen molar-refractivity contribution in [2.45, 2.75) is 56.3 Å². The van der Waals surface area contributed by atoms with Crippen molar-refractivity contribution in [2.75, 3.05) is 0 Å². The van der Waals surface area contributed by atoms with Crippen LogP contribution < -0.4 is 4.74 Å². The summed E-state index contributed by atoms with van der Waals surface area (Å²) in [4.78, 5) is 0. The molecule has 2 aromatic heterocycles. The SMILES string of the molecule is Cc1cc(COc2ccc(C34CC(C(F)(F)C(O)(Cn5cnnn5)c5ccc(F)cc5F)(C3)C4)cc2)no1. The lowest BCUT2D eigenvalue weighted by Gasteiger charge is -2.74. The van der Waals surface area contributed by atoms with Gasteiger partial charge in [0.2, 0.25) is 0 Å². The van der Waals surface area contributed by atoms with Gasteiger partial charge in [0.15, 0.2) is 5.60 Å². The van der Waals surface area contributed by atoms with Crippen molar-refractivity contribution >= 4 is 0 Å². The first-order chi connectivity index (χ1) is 18.1. The minimum Gasteiger partial charge on any atom is -0.487 e. The number of nitrogens with zero attached hydrogens (tertiary/aromatic N) is 5. The minimum absolute atomic E-state index is 0.103. The summed E-state index contributed by atoms with van der Waals surface area (Å²) >= 11 is 0. The highest BCUT2D eigenvalue weighted by atomic mass is 19.3. The van der Waals surface area contributed by atoms with E-state index in [9.17, 15) is 13.9 Å². The Morgan fingerprint density at radius 3 is 2.42 bits per heavy atom. The average molecular weight is 529 g/mol. The third kappa shape index (κ3) is 3.61. The molecule has 0 amide bonds. The van der Waals surface area contributed by atoms with Crippen LogP contribution in [-0.4, -0.2) is 36.4 Å². The highest BCUT2D eigenvalue weighted by Gasteiger charge is 2.82. The number of alkyl halides is 2. The Morgan fingerprint density at radius 1 is 1.08 bits per heavy atom. The van der Waals surface area contributed by atoms with Gasteiger partial charge in [0.1, 0.15) is 41.8 Å². The van der Waals surface area contributed by atoms with Gasteiger partial charge in [-0.1, -0.05) is 17.3 Å². The van der Waals surface area contributed by atoms with Crippen molar-refractivity contribution < 1.29 is 31.9 Å². The molecule has 3 saturated carbocycles. The fourth-order valence-corrected chi connectivity index (χ4v) is 6.08. The molecule has 12 heteroatoms. The van der Waals surface area contributed by atoms with Crippen LogP contribution in [0.15, 0.2) is 59.4 Å². The molecule has 0 saturated heterocycles. The zero-order valence-electron chi connectivity index (χ0n) is 20.2. The Labute approximate surface area is 214 Å². The van der Waals surface area contributed by atoms with Crippen LogP contribution in [0.5, 0.6) is 5.75 Å². The Balaban J connectivity index is 1.22. The van der Waals surface area contributed by atoms with Gasteiger partial charge in [-0.15, -0.1) is 5.10 Å². The van der Waals surface area contributed by atoms with Crippen molar-refractivity contribution in [2.24, 2.45) is 5.41 Å². The smallest absolute Gasteiger partial charge is 0.287 e. The summed E-state index contributed by atoms with van der Waals surface area (Å²) in [6.45, 7) is 1.21. The molecule has 7 rings (SSSR count). The third-order valence-electron chi connectivity index (χ3n) is 7.90. The van der Waals surface area contributed by atoms with Crippen LogP contribution in [0, 0.1) is 24.0 Å². The van der Waals surface area contributed by atoms with Gasteiger partial charge in [0.25, 0.3) is 5.92 Å². The molecule has 0 aliphatic heterocycles. The second kappa shape index (κ2) is 8.35. The molecule has 2 heterocycles. The monoisotopic (exact) mass is 529 g/mol. The standard InChI is InChI=1S/C26H23F4N5O3/c1-16-8-19(32-38-16)10-37-20-5-2-17(3-6-20)23-11-24(12-23,13-23)26(29,30)25(36,14-35-15-31-33-34-35)21-7-4-18(27)9-22(21)28/h2-9,15,36H,10-14H2,1H3. The van der Waals surface area contributed by atoms with Crippen LogP contribution in [0.3, 0.4) is 0 Å². The van der Waals surface area contributed by atoms with Crippen LogP contribution >= 0.6 is 0 Å². The van der Waals surface area contributed by atoms with E-state index in [1.807, 2.05) is 12.1 Å². The highest BCUT2D eigenvalue weighted by molar-refractivity contribution is 5.44. The summed E-state index contributed by atoms with van der Waals surface area (Å²) in [5.41, 5.74) is -4.20. The van der Waals surface area contributed by atoms with Crippen molar-refractivity contribution in [3.05, 3.63) is 89.1 Å².